The second-order valence-electron chi connectivity index (χ2n) is 4.48. The van der Waals surface area contributed by atoms with Gasteiger partial charge in [0.15, 0.2) is 0 Å². The molecule has 5 heteroatoms. The number of pyridine rings is 1. The van der Waals surface area contributed by atoms with Gasteiger partial charge in [-0.05, 0) is 30.5 Å². The number of anilines is 1. The number of rotatable bonds is 5. The van der Waals surface area contributed by atoms with Crippen LogP contribution in [-0.2, 0) is 6.42 Å². The number of nitrogens with zero attached hydrogens (tertiary/aromatic N) is 2. The second-order valence-corrected chi connectivity index (χ2v) is 5.95. The first-order valence-corrected chi connectivity index (χ1v) is 7.38. The second kappa shape index (κ2) is 6.12. The Balaban J connectivity index is 2.19. The zero-order valence-corrected chi connectivity index (χ0v) is 12.7. The van der Waals surface area contributed by atoms with Crippen LogP contribution in [0.2, 0.25) is 0 Å². The number of thiocarbonyl (C=S) groups is 1. The molecule has 2 rings (SSSR count). The van der Waals surface area contributed by atoms with Crippen LogP contribution in [0.4, 0.5) is 5.69 Å². The van der Waals surface area contributed by atoms with Crippen LogP contribution >= 0.6 is 23.6 Å². The summed E-state index contributed by atoms with van der Waals surface area (Å²) < 4.78 is 0. The van der Waals surface area contributed by atoms with E-state index in [1.54, 1.807) is 17.5 Å². The van der Waals surface area contributed by atoms with Crippen LogP contribution in [0.5, 0.6) is 0 Å². The van der Waals surface area contributed by atoms with Crippen molar-refractivity contribution in [3.05, 3.63) is 46.4 Å². The van der Waals surface area contributed by atoms with E-state index in [1.165, 1.54) is 4.88 Å². The first-order chi connectivity index (χ1) is 9.09. The van der Waals surface area contributed by atoms with Gasteiger partial charge >= 0.3 is 0 Å². The van der Waals surface area contributed by atoms with E-state index >= 15 is 0 Å². The third-order valence-corrected chi connectivity index (χ3v) is 4.23. The van der Waals surface area contributed by atoms with Crippen LogP contribution < -0.4 is 10.6 Å². The average Bonchev–Trinajstić information content (AvgIpc) is 2.90. The lowest BCUT2D eigenvalue weighted by atomic mass is 10.1. The maximum Gasteiger partial charge on any atom is 0.124 e. The van der Waals surface area contributed by atoms with Gasteiger partial charge < -0.3 is 10.6 Å². The van der Waals surface area contributed by atoms with E-state index in [9.17, 15) is 0 Å². The van der Waals surface area contributed by atoms with Crippen molar-refractivity contribution in [3.63, 3.8) is 0 Å². The molecule has 0 radical (unpaired) electrons. The van der Waals surface area contributed by atoms with Gasteiger partial charge in [-0.1, -0.05) is 18.3 Å². The largest absolute Gasteiger partial charge is 0.388 e. The standard InChI is InChI=1S/C14H17N3S2/c1-10(9-11-5-4-8-19-11)17(2)12-6-3-7-16-13(12)14(15)18/h3-8,10H,9H2,1-2H3,(H2,15,18). The molecule has 0 aromatic carbocycles. The molecule has 0 spiro atoms. The minimum Gasteiger partial charge on any atom is -0.388 e. The molecule has 2 aromatic heterocycles. The first kappa shape index (κ1) is 14.0. The molecule has 0 aliphatic rings. The molecule has 100 valence electrons. The number of hydrogen-bond acceptors (Lipinski definition) is 4. The zero-order valence-electron chi connectivity index (χ0n) is 11.0. The Morgan fingerprint density at radius 1 is 1.47 bits per heavy atom. The molecular weight excluding hydrogens is 274 g/mol. The van der Waals surface area contributed by atoms with Crippen LogP contribution in [0.15, 0.2) is 35.8 Å². The normalized spacial score (nSPS) is 12.1. The Labute approximate surface area is 123 Å². The summed E-state index contributed by atoms with van der Waals surface area (Å²) in [7, 11) is 2.05. The maximum absolute atomic E-state index is 5.73. The van der Waals surface area contributed by atoms with Crippen molar-refractivity contribution in [2.45, 2.75) is 19.4 Å². The van der Waals surface area contributed by atoms with Crippen LogP contribution in [0.3, 0.4) is 0 Å². The van der Waals surface area contributed by atoms with E-state index in [4.69, 9.17) is 18.0 Å². The van der Waals surface area contributed by atoms with Gasteiger partial charge in [-0.25, -0.2) is 0 Å². The SMILES string of the molecule is CC(Cc1cccs1)N(C)c1cccnc1C(N)=S. The number of likely N-dealkylation sites (N-methyl/N-ethyl adjacent to an activating group) is 1. The molecule has 0 fully saturated rings. The predicted molar refractivity (Wildman–Crippen MR) is 86.0 cm³/mol. The molecule has 3 nitrogen and oxygen atoms in total. The topological polar surface area (TPSA) is 42.2 Å². The third kappa shape index (κ3) is 3.30. The van der Waals surface area contributed by atoms with Gasteiger partial charge in [0.2, 0.25) is 0 Å². The van der Waals surface area contributed by atoms with E-state index in [1.807, 2.05) is 12.1 Å². The maximum atomic E-state index is 5.73. The summed E-state index contributed by atoms with van der Waals surface area (Å²) in [5.74, 6) is 0. The van der Waals surface area contributed by atoms with Crippen LogP contribution in [0, 0.1) is 0 Å². The van der Waals surface area contributed by atoms with Crippen LogP contribution in [0.25, 0.3) is 0 Å². The fourth-order valence-corrected chi connectivity index (χ4v) is 2.95. The van der Waals surface area contributed by atoms with Gasteiger partial charge in [0.05, 0.1) is 5.69 Å². The lowest BCUT2D eigenvalue weighted by Crippen LogP contribution is -2.32. The molecule has 2 N–H and O–H groups in total. The number of thiophene rings is 1. The van der Waals surface area contributed by atoms with Crippen molar-refractivity contribution in [2.24, 2.45) is 5.73 Å². The molecule has 0 amide bonds. The molecule has 19 heavy (non-hydrogen) atoms. The van der Waals surface area contributed by atoms with Crippen molar-refractivity contribution < 1.29 is 0 Å². The molecule has 0 saturated heterocycles. The Bertz CT molecular complexity index is 552. The van der Waals surface area contributed by atoms with Crippen molar-refractivity contribution in [1.82, 2.24) is 4.98 Å². The third-order valence-electron chi connectivity index (χ3n) is 3.14. The highest BCUT2D eigenvalue weighted by molar-refractivity contribution is 7.80. The summed E-state index contributed by atoms with van der Waals surface area (Å²) >= 11 is 6.84. The van der Waals surface area contributed by atoms with E-state index in [2.05, 4.69) is 41.4 Å². The van der Waals surface area contributed by atoms with Crippen LogP contribution in [-0.4, -0.2) is 23.1 Å². The quantitative estimate of drug-likeness (QED) is 0.860. The number of nitrogens with two attached hydrogens (primary N) is 1. The molecule has 1 atom stereocenters. The highest BCUT2D eigenvalue weighted by Crippen LogP contribution is 2.21. The fraction of sp³-hybridized carbons (Fsp3) is 0.286. The van der Waals surface area contributed by atoms with E-state index < -0.39 is 0 Å². The smallest absolute Gasteiger partial charge is 0.124 e. The summed E-state index contributed by atoms with van der Waals surface area (Å²) in [5.41, 5.74) is 7.41. The Morgan fingerprint density at radius 3 is 2.89 bits per heavy atom. The molecule has 0 aliphatic heterocycles. The van der Waals surface area contributed by atoms with Gasteiger partial charge in [0.1, 0.15) is 10.7 Å². The number of hydrogen-bond donors (Lipinski definition) is 1. The molecular formula is C14H17N3S2. The van der Waals surface area contributed by atoms with Gasteiger partial charge in [-0.15, -0.1) is 11.3 Å². The summed E-state index contributed by atoms with van der Waals surface area (Å²) in [6.07, 6.45) is 2.72. The van der Waals surface area contributed by atoms with Gasteiger partial charge in [0, 0.05) is 30.6 Å². The fourth-order valence-electron chi connectivity index (χ4n) is 1.97. The molecule has 2 aromatic rings. The number of aromatic nitrogens is 1. The molecule has 0 saturated carbocycles. The predicted octanol–water partition coefficient (Wildman–Crippen LogP) is 2.84. The van der Waals surface area contributed by atoms with Crippen molar-refractivity contribution in [1.29, 1.82) is 0 Å². The molecule has 1 unspecified atom stereocenters. The molecule has 0 bridgehead atoms. The lowest BCUT2D eigenvalue weighted by molar-refractivity contribution is 0.687. The van der Waals surface area contributed by atoms with Crippen molar-refractivity contribution >= 4 is 34.2 Å². The average molecular weight is 291 g/mol. The Morgan fingerprint density at radius 2 is 2.26 bits per heavy atom. The Kier molecular flexibility index (Phi) is 4.50. The lowest BCUT2D eigenvalue weighted by Gasteiger charge is -2.28. The highest BCUT2D eigenvalue weighted by Gasteiger charge is 2.16. The van der Waals surface area contributed by atoms with Gasteiger partial charge in [-0.2, -0.15) is 0 Å². The summed E-state index contributed by atoms with van der Waals surface area (Å²) in [6, 6.07) is 8.51. The Hall–Kier alpha value is -1.46. The summed E-state index contributed by atoms with van der Waals surface area (Å²) in [4.78, 5) is 8.17. The highest BCUT2D eigenvalue weighted by atomic mass is 32.1. The minimum atomic E-state index is 0.339. The van der Waals surface area contributed by atoms with E-state index in [0.29, 0.717) is 16.7 Å². The van der Waals surface area contributed by atoms with Gasteiger partial charge in [0.25, 0.3) is 0 Å². The summed E-state index contributed by atoms with van der Waals surface area (Å²) in [6.45, 7) is 2.19. The molecule has 2 heterocycles. The molecule has 0 aliphatic carbocycles. The minimum absolute atomic E-state index is 0.339. The summed E-state index contributed by atoms with van der Waals surface area (Å²) in [5, 5.41) is 2.10. The van der Waals surface area contributed by atoms with Crippen LogP contribution in [0.1, 0.15) is 17.5 Å². The van der Waals surface area contributed by atoms with E-state index in [-0.39, 0.29) is 0 Å². The zero-order chi connectivity index (χ0) is 13.8. The van der Waals surface area contributed by atoms with Crippen molar-refractivity contribution in [2.75, 3.05) is 11.9 Å². The van der Waals surface area contributed by atoms with Crippen molar-refractivity contribution in [3.8, 4) is 0 Å². The van der Waals surface area contributed by atoms with E-state index in [0.717, 1.165) is 12.1 Å². The first-order valence-electron chi connectivity index (χ1n) is 6.09. The van der Waals surface area contributed by atoms with Gasteiger partial charge in [-0.3, -0.25) is 4.98 Å². The monoisotopic (exact) mass is 291 g/mol.